The van der Waals surface area contributed by atoms with Crippen LogP contribution in [0.2, 0.25) is 0 Å². The summed E-state index contributed by atoms with van der Waals surface area (Å²) in [4.78, 5) is 4.75. The highest BCUT2D eigenvalue weighted by Crippen LogP contribution is 2.19. The van der Waals surface area contributed by atoms with Crippen molar-refractivity contribution in [2.45, 2.75) is 31.5 Å². The van der Waals surface area contributed by atoms with Crippen molar-refractivity contribution >= 4 is 15.9 Å². The molecule has 0 radical (unpaired) electrons. The van der Waals surface area contributed by atoms with Crippen molar-refractivity contribution in [3.05, 3.63) is 12.2 Å². The molecule has 1 aromatic rings. The molecule has 0 saturated carbocycles. The van der Waals surface area contributed by atoms with Gasteiger partial charge in [-0.2, -0.15) is 5.10 Å². The molecule has 0 spiro atoms. The number of alkyl halides is 1. The average Bonchev–Trinajstić information content (AvgIpc) is 2.46. The summed E-state index contributed by atoms with van der Waals surface area (Å²) < 4.78 is 1.85. The van der Waals surface area contributed by atoms with Gasteiger partial charge in [-0.15, -0.1) is 0 Å². The smallest absolute Gasteiger partial charge is 0.138 e. The molecule has 2 unspecified atom stereocenters. The fourth-order valence-corrected chi connectivity index (χ4v) is 1.93. The third kappa shape index (κ3) is 2.79. The van der Waals surface area contributed by atoms with E-state index in [-0.39, 0.29) is 0 Å². The molecule has 13 heavy (non-hydrogen) atoms. The standard InChI is InChI=1S/C9H16BrN3/c1-4-8(7(2)10)5-9-11-6-12-13(9)3/h6-8H,4-5H2,1-3H3. The van der Waals surface area contributed by atoms with Gasteiger partial charge < -0.3 is 0 Å². The molecule has 4 heteroatoms. The molecule has 0 aromatic carbocycles. The van der Waals surface area contributed by atoms with E-state index >= 15 is 0 Å². The van der Waals surface area contributed by atoms with Gasteiger partial charge in [-0.25, -0.2) is 4.98 Å². The normalized spacial score (nSPS) is 15.7. The van der Waals surface area contributed by atoms with Gasteiger partial charge in [0.25, 0.3) is 0 Å². The third-order valence-electron chi connectivity index (χ3n) is 2.42. The maximum atomic E-state index is 4.22. The van der Waals surface area contributed by atoms with E-state index in [0.717, 1.165) is 12.2 Å². The number of aryl methyl sites for hydroxylation is 1. The van der Waals surface area contributed by atoms with Crippen LogP contribution in [0, 0.1) is 5.92 Å². The number of aromatic nitrogens is 3. The van der Waals surface area contributed by atoms with Gasteiger partial charge in [-0.05, 0) is 5.92 Å². The second kappa shape index (κ2) is 4.74. The average molecular weight is 246 g/mol. The van der Waals surface area contributed by atoms with Crippen LogP contribution in [0.4, 0.5) is 0 Å². The molecule has 1 rings (SSSR count). The van der Waals surface area contributed by atoms with Crippen molar-refractivity contribution in [3.8, 4) is 0 Å². The molecular formula is C9H16BrN3. The first-order valence-electron chi connectivity index (χ1n) is 4.62. The summed E-state index contributed by atoms with van der Waals surface area (Å²) in [6.07, 6.45) is 3.78. The summed E-state index contributed by atoms with van der Waals surface area (Å²) in [5, 5.41) is 4.05. The van der Waals surface area contributed by atoms with Gasteiger partial charge in [0.05, 0.1) is 0 Å². The predicted octanol–water partition coefficient (Wildman–Crippen LogP) is 2.17. The Morgan fingerprint density at radius 3 is 2.69 bits per heavy atom. The molecular weight excluding hydrogens is 230 g/mol. The molecule has 0 aliphatic rings. The highest BCUT2D eigenvalue weighted by molar-refractivity contribution is 9.09. The fourth-order valence-electron chi connectivity index (χ4n) is 1.37. The van der Waals surface area contributed by atoms with E-state index in [0.29, 0.717) is 10.7 Å². The number of hydrogen-bond donors (Lipinski definition) is 0. The third-order valence-corrected chi connectivity index (χ3v) is 3.17. The second-order valence-electron chi connectivity index (χ2n) is 3.35. The Kier molecular flexibility index (Phi) is 3.90. The van der Waals surface area contributed by atoms with Crippen LogP contribution in [0.1, 0.15) is 26.1 Å². The lowest BCUT2D eigenvalue weighted by Crippen LogP contribution is -2.15. The van der Waals surface area contributed by atoms with Crippen LogP contribution >= 0.6 is 15.9 Å². The first-order chi connectivity index (χ1) is 6.15. The Labute approximate surface area is 87.7 Å². The van der Waals surface area contributed by atoms with E-state index in [1.54, 1.807) is 6.33 Å². The highest BCUT2D eigenvalue weighted by atomic mass is 79.9. The monoisotopic (exact) mass is 245 g/mol. The first kappa shape index (κ1) is 10.7. The summed E-state index contributed by atoms with van der Waals surface area (Å²) in [6.45, 7) is 4.39. The Bertz CT molecular complexity index is 257. The number of rotatable bonds is 4. The van der Waals surface area contributed by atoms with Crippen LogP contribution in [0.15, 0.2) is 6.33 Å². The van der Waals surface area contributed by atoms with Gasteiger partial charge in [-0.3, -0.25) is 4.68 Å². The lowest BCUT2D eigenvalue weighted by Gasteiger charge is -2.16. The van der Waals surface area contributed by atoms with E-state index < -0.39 is 0 Å². The minimum Gasteiger partial charge on any atom is -0.253 e. The quantitative estimate of drug-likeness (QED) is 0.762. The molecule has 1 aromatic heterocycles. The molecule has 74 valence electrons. The minimum atomic E-state index is 0.536. The summed E-state index contributed by atoms with van der Waals surface area (Å²) in [5.74, 6) is 1.71. The zero-order valence-corrected chi connectivity index (χ0v) is 9.95. The molecule has 0 aliphatic carbocycles. The van der Waals surface area contributed by atoms with Crippen molar-refractivity contribution in [2.75, 3.05) is 0 Å². The summed E-state index contributed by atoms with van der Waals surface area (Å²) in [5.41, 5.74) is 0. The zero-order valence-electron chi connectivity index (χ0n) is 8.37. The second-order valence-corrected chi connectivity index (χ2v) is 4.79. The topological polar surface area (TPSA) is 30.7 Å². The lowest BCUT2D eigenvalue weighted by molar-refractivity contribution is 0.482. The van der Waals surface area contributed by atoms with E-state index in [1.165, 1.54) is 6.42 Å². The molecule has 0 saturated heterocycles. The summed E-state index contributed by atoms with van der Waals surface area (Å²) >= 11 is 3.61. The van der Waals surface area contributed by atoms with Crippen LogP contribution in [0.5, 0.6) is 0 Å². The molecule has 0 amide bonds. The van der Waals surface area contributed by atoms with Gasteiger partial charge in [0.1, 0.15) is 12.2 Å². The van der Waals surface area contributed by atoms with Crippen LogP contribution in [-0.4, -0.2) is 19.6 Å². The van der Waals surface area contributed by atoms with Gasteiger partial charge in [0, 0.05) is 18.3 Å². The molecule has 0 fully saturated rings. The Morgan fingerprint density at radius 1 is 1.62 bits per heavy atom. The van der Waals surface area contributed by atoms with Crippen LogP contribution in [0.25, 0.3) is 0 Å². The number of halogens is 1. The zero-order chi connectivity index (χ0) is 9.84. The highest BCUT2D eigenvalue weighted by Gasteiger charge is 2.15. The van der Waals surface area contributed by atoms with E-state index in [1.807, 2.05) is 11.7 Å². The Balaban J connectivity index is 2.62. The van der Waals surface area contributed by atoms with Crippen molar-refractivity contribution in [3.63, 3.8) is 0 Å². The largest absolute Gasteiger partial charge is 0.253 e. The van der Waals surface area contributed by atoms with E-state index in [4.69, 9.17) is 0 Å². The molecule has 1 heterocycles. The van der Waals surface area contributed by atoms with Gasteiger partial charge in [0.15, 0.2) is 0 Å². The van der Waals surface area contributed by atoms with Gasteiger partial charge in [0.2, 0.25) is 0 Å². The minimum absolute atomic E-state index is 0.536. The molecule has 3 nitrogen and oxygen atoms in total. The maximum absolute atomic E-state index is 4.22. The van der Waals surface area contributed by atoms with E-state index in [9.17, 15) is 0 Å². The number of hydrogen-bond acceptors (Lipinski definition) is 2. The molecule has 0 aliphatic heterocycles. The fraction of sp³-hybridized carbons (Fsp3) is 0.778. The summed E-state index contributed by atoms with van der Waals surface area (Å²) in [6, 6.07) is 0. The Morgan fingerprint density at radius 2 is 2.31 bits per heavy atom. The first-order valence-corrected chi connectivity index (χ1v) is 5.53. The Hall–Kier alpha value is -0.380. The van der Waals surface area contributed by atoms with Gasteiger partial charge in [-0.1, -0.05) is 36.2 Å². The van der Waals surface area contributed by atoms with Crippen LogP contribution in [0.3, 0.4) is 0 Å². The van der Waals surface area contributed by atoms with E-state index in [2.05, 4.69) is 39.9 Å². The maximum Gasteiger partial charge on any atom is 0.138 e. The van der Waals surface area contributed by atoms with Crippen LogP contribution in [-0.2, 0) is 13.5 Å². The van der Waals surface area contributed by atoms with Gasteiger partial charge >= 0.3 is 0 Å². The van der Waals surface area contributed by atoms with Crippen LogP contribution < -0.4 is 0 Å². The molecule has 2 atom stereocenters. The summed E-state index contributed by atoms with van der Waals surface area (Å²) in [7, 11) is 1.94. The molecule has 0 N–H and O–H groups in total. The van der Waals surface area contributed by atoms with Crippen molar-refractivity contribution < 1.29 is 0 Å². The van der Waals surface area contributed by atoms with Crippen molar-refractivity contribution in [2.24, 2.45) is 13.0 Å². The van der Waals surface area contributed by atoms with Crippen molar-refractivity contribution in [1.82, 2.24) is 14.8 Å². The predicted molar refractivity (Wildman–Crippen MR) is 56.9 cm³/mol. The van der Waals surface area contributed by atoms with Crippen molar-refractivity contribution in [1.29, 1.82) is 0 Å². The number of nitrogens with zero attached hydrogens (tertiary/aromatic N) is 3. The SMILES string of the molecule is CCC(Cc1ncnn1C)C(C)Br. The lowest BCUT2D eigenvalue weighted by atomic mass is 9.99. The molecule has 0 bridgehead atoms.